The van der Waals surface area contributed by atoms with E-state index in [4.69, 9.17) is 0 Å². The lowest BCUT2D eigenvalue weighted by atomic mass is 10.2. The van der Waals surface area contributed by atoms with Gasteiger partial charge in [0, 0.05) is 24.4 Å². The van der Waals surface area contributed by atoms with E-state index in [2.05, 4.69) is 5.32 Å². The summed E-state index contributed by atoms with van der Waals surface area (Å²) < 4.78 is 22.1. The first kappa shape index (κ1) is 13.0. The lowest BCUT2D eigenvalue weighted by Gasteiger charge is -2.13. The molecule has 0 saturated carbocycles. The van der Waals surface area contributed by atoms with E-state index in [9.17, 15) is 13.5 Å². The highest BCUT2D eigenvalue weighted by molar-refractivity contribution is 7.90. The third-order valence-corrected chi connectivity index (χ3v) is 3.29. The van der Waals surface area contributed by atoms with E-state index in [0.29, 0.717) is 6.54 Å². The normalized spacial score (nSPS) is 13.6. The quantitative estimate of drug-likeness (QED) is 0.807. The summed E-state index contributed by atoms with van der Waals surface area (Å²) in [5.74, 6) is 0.321. The molecule has 0 spiro atoms. The molecule has 0 radical (unpaired) electrons. The molecule has 1 rings (SSSR count). The molecule has 4 nitrogen and oxygen atoms in total. The molecule has 1 atom stereocenters. The van der Waals surface area contributed by atoms with Crippen LogP contribution in [0.1, 0.15) is 12.5 Å². The maximum absolute atomic E-state index is 11.0. The van der Waals surface area contributed by atoms with E-state index in [1.807, 2.05) is 6.07 Å². The summed E-state index contributed by atoms with van der Waals surface area (Å²) in [6, 6.07) is 6.86. The molecule has 0 aliphatic heterocycles. The number of para-hydroxylation sites is 1. The predicted molar refractivity (Wildman–Crippen MR) is 64.1 cm³/mol. The van der Waals surface area contributed by atoms with Crippen molar-refractivity contribution in [3.63, 3.8) is 0 Å². The highest BCUT2D eigenvalue weighted by Gasteiger charge is 2.10. The number of aromatic hydroxyl groups is 1. The summed E-state index contributed by atoms with van der Waals surface area (Å²) in [6.07, 6.45) is 1.21. The fraction of sp³-hybridized carbons (Fsp3) is 0.455. The van der Waals surface area contributed by atoms with Crippen molar-refractivity contribution in [3.8, 4) is 5.75 Å². The second-order valence-corrected chi connectivity index (χ2v) is 6.19. The molecule has 0 aliphatic carbocycles. The van der Waals surface area contributed by atoms with Gasteiger partial charge >= 0.3 is 0 Å². The van der Waals surface area contributed by atoms with Crippen LogP contribution in [0, 0.1) is 0 Å². The van der Waals surface area contributed by atoms with Crippen molar-refractivity contribution in [2.24, 2.45) is 0 Å². The molecule has 0 bridgehead atoms. The van der Waals surface area contributed by atoms with Crippen LogP contribution < -0.4 is 5.32 Å². The zero-order valence-corrected chi connectivity index (χ0v) is 10.3. The first-order valence-electron chi connectivity index (χ1n) is 5.06. The van der Waals surface area contributed by atoms with Gasteiger partial charge in [-0.05, 0) is 13.0 Å². The predicted octanol–water partition coefficient (Wildman–Crippen LogP) is 0.915. The summed E-state index contributed by atoms with van der Waals surface area (Å²) in [5.41, 5.74) is 0.767. The van der Waals surface area contributed by atoms with E-state index in [1.54, 1.807) is 25.1 Å². The topological polar surface area (TPSA) is 66.4 Å². The summed E-state index contributed by atoms with van der Waals surface area (Å²) in [4.78, 5) is 0. The maximum Gasteiger partial charge on any atom is 0.148 e. The van der Waals surface area contributed by atoms with Crippen molar-refractivity contribution in [1.29, 1.82) is 0 Å². The number of hydrogen-bond donors (Lipinski definition) is 2. The third kappa shape index (κ3) is 4.63. The maximum atomic E-state index is 11.0. The summed E-state index contributed by atoms with van der Waals surface area (Å²) in [7, 11) is -2.96. The van der Waals surface area contributed by atoms with Crippen LogP contribution in [0.3, 0.4) is 0 Å². The van der Waals surface area contributed by atoms with Crippen molar-refractivity contribution < 1.29 is 13.5 Å². The summed E-state index contributed by atoms with van der Waals surface area (Å²) in [6.45, 7) is 2.27. The Balaban J connectivity index is 2.49. The van der Waals surface area contributed by atoms with E-state index in [1.165, 1.54) is 6.26 Å². The number of sulfone groups is 1. The average molecular weight is 243 g/mol. The first-order valence-corrected chi connectivity index (χ1v) is 7.12. The molecular formula is C11H17NO3S. The van der Waals surface area contributed by atoms with Gasteiger partial charge < -0.3 is 10.4 Å². The van der Waals surface area contributed by atoms with Crippen LogP contribution in [0.4, 0.5) is 0 Å². The highest BCUT2D eigenvalue weighted by atomic mass is 32.2. The number of rotatable bonds is 5. The molecule has 0 aromatic heterocycles. The van der Waals surface area contributed by atoms with Crippen LogP contribution in [-0.2, 0) is 16.4 Å². The van der Waals surface area contributed by atoms with Gasteiger partial charge in [-0.15, -0.1) is 0 Å². The lowest BCUT2D eigenvalue weighted by molar-refractivity contribution is 0.461. The van der Waals surface area contributed by atoms with Gasteiger partial charge in [0.2, 0.25) is 0 Å². The van der Waals surface area contributed by atoms with Crippen molar-refractivity contribution in [3.05, 3.63) is 29.8 Å². The molecule has 0 heterocycles. The molecule has 0 fully saturated rings. The number of nitrogens with one attached hydrogen (secondary N) is 1. The molecule has 16 heavy (non-hydrogen) atoms. The molecule has 0 saturated heterocycles. The number of hydrogen-bond acceptors (Lipinski definition) is 4. The minimum absolute atomic E-state index is 0.0978. The minimum atomic E-state index is -2.96. The second kappa shape index (κ2) is 5.32. The average Bonchev–Trinajstić information content (AvgIpc) is 2.14. The molecule has 1 unspecified atom stereocenters. The number of phenolic OH excluding ortho intramolecular Hbond substituents is 1. The first-order chi connectivity index (χ1) is 7.38. The molecule has 1 aromatic rings. The van der Waals surface area contributed by atoms with E-state index < -0.39 is 9.84 Å². The number of phenols is 1. The van der Waals surface area contributed by atoms with Crippen LogP contribution in [0.25, 0.3) is 0 Å². The molecule has 2 N–H and O–H groups in total. The van der Waals surface area contributed by atoms with Gasteiger partial charge in [-0.25, -0.2) is 8.42 Å². The van der Waals surface area contributed by atoms with Gasteiger partial charge in [-0.1, -0.05) is 18.2 Å². The van der Waals surface area contributed by atoms with E-state index >= 15 is 0 Å². The largest absolute Gasteiger partial charge is 0.508 e. The number of benzene rings is 1. The smallest absolute Gasteiger partial charge is 0.148 e. The summed E-state index contributed by atoms with van der Waals surface area (Å²) >= 11 is 0. The zero-order valence-electron chi connectivity index (χ0n) is 9.47. The molecule has 90 valence electrons. The Morgan fingerprint density at radius 1 is 1.38 bits per heavy atom. The van der Waals surface area contributed by atoms with Gasteiger partial charge in [0.05, 0.1) is 5.75 Å². The van der Waals surface area contributed by atoms with Crippen molar-refractivity contribution in [2.75, 3.05) is 12.0 Å². The van der Waals surface area contributed by atoms with Gasteiger partial charge in [-0.2, -0.15) is 0 Å². The zero-order chi connectivity index (χ0) is 12.2. The standard InChI is InChI=1S/C11H17NO3S/c1-9(8-16(2,14)15)12-7-10-5-3-4-6-11(10)13/h3-6,9,12-13H,7-8H2,1-2H3. The third-order valence-electron chi connectivity index (χ3n) is 2.19. The van der Waals surface area contributed by atoms with Gasteiger partial charge in [-0.3, -0.25) is 0 Å². The van der Waals surface area contributed by atoms with E-state index in [0.717, 1.165) is 5.56 Å². The van der Waals surface area contributed by atoms with Crippen molar-refractivity contribution in [2.45, 2.75) is 19.5 Å². The Labute approximate surface area is 96.2 Å². The van der Waals surface area contributed by atoms with Crippen molar-refractivity contribution in [1.82, 2.24) is 5.32 Å². The molecule has 0 amide bonds. The van der Waals surface area contributed by atoms with Gasteiger partial charge in [0.1, 0.15) is 15.6 Å². The Kier molecular flexibility index (Phi) is 4.32. The van der Waals surface area contributed by atoms with Crippen LogP contribution in [0.15, 0.2) is 24.3 Å². The van der Waals surface area contributed by atoms with Gasteiger partial charge in [0.25, 0.3) is 0 Å². The SMILES string of the molecule is CC(CS(C)(=O)=O)NCc1ccccc1O. The monoisotopic (exact) mass is 243 g/mol. The Hall–Kier alpha value is -1.07. The van der Waals surface area contributed by atoms with Crippen LogP contribution in [0.5, 0.6) is 5.75 Å². The Bertz CT molecular complexity index is 442. The van der Waals surface area contributed by atoms with Crippen LogP contribution in [0.2, 0.25) is 0 Å². The highest BCUT2D eigenvalue weighted by Crippen LogP contribution is 2.14. The van der Waals surface area contributed by atoms with E-state index in [-0.39, 0.29) is 17.5 Å². The Morgan fingerprint density at radius 2 is 2.00 bits per heavy atom. The fourth-order valence-electron chi connectivity index (χ4n) is 1.46. The summed E-state index contributed by atoms with van der Waals surface area (Å²) in [5, 5.41) is 12.6. The van der Waals surface area contributed by atoms with Gasteiger partial charge in [0.15, 0.2) is 0 Å². The van der Waals surface area contributed by atoms with Crippen LogP contribution >= 0.6 is 0 Å². The van der Waals surface area contributed by atoms with Crippen LogP contribution in [-0.4, -0.2) is 31.6 Å². The Morgan fingerprint density at radius 3 is 2.56 bits per heavy atom. The molecule has 5 heteroatoms. The fourth-order valence-corrected chi connectivity index (χ4v) is 2.48. The molecular weight excluding hydrogens is 226 g/mol. The van der Waals surface area contributed by atoms with Crippen molar-refractivity contribution >= 4 is 9.84 Å². The minimum Gasteiger partial charge on any atom is -0.508 e. The lowest BCUT2D eigenvalue weighted by Crippen LogP contribution is -2.32. The second-order valence-electron chi connectivity index (χ2n) is 4.00. The molecule has 1 aromatic carbocycles. The molecule has 0 aliphatic rings.